The Morgan fingerprint density at radius 1 is 1.10 bits per heavy atom. The molecule has 2 aromatic rings. The molecule has 6 nitrogen and oxygen atoms in total. The first-order chi connectivity index (χ1) is 18.7. The summed E-state index contributed by atoms with van der Waals surface area (Å²) in [5.74, 6) is -0.180. The van der Waals surface area contributed by atoms with Crippen LogP contribution in [0.25, 0.3) is 11.1 Å². The summed E-state index contributed by atoms with van der Waals surface area (Å²) in [6, 6.07) is 1.54. The van der Waals surface area contributed by atoms with E-state index < -0.39 is 23.5 Å². The first-order valence-corrected chi connectivity index (χ1v) is 14.5. The lowest BCUT2D eigenvalue weighted by Crippen LogP contribution is -2.40. The molecule has 40 heavy (non-hydrogen) atoms. The van der Waals surface area contributed by atoms with Crippen LogP contribution in [0, 0.1) is 32.5 Å². The molecular weight excluding hydrogens is 509 g/mol. The van der Waals surface area contributed by atoms with Gasteiger partial charge in [-0.25, -0.2) is 9.18 Å². The van der Waals surface area contributed by atoms with E-state index in [4.69, 9.17) is 14.2 Å². The third-order valence-electron chi connectivity index (χ3n) is 7.87. The number of amides is 1. The zero-order valence-corrected chi connectivity index (χ0v) is 25.5. The summed E-state index contributed by atoms with van der Waals surface area (Å²) in [5.41, 5.74) is 7.02. The Hall–Kier alpha value is -2.93. The van der Waals surface area contributed by atoms with Gasteiger partial charge in [0.05, 0.1) is 25.2 Å². The van der Waals surface area contributed by atoms with E-state index in [9.17, 15) is 9.59 Å². The summed E-state index contributed by atoms with van der Waals surface area (Å²) in [6.07, 6.45) is 0.743. The number of hydrogen-bond donors (Lipinski definition) is 0. The number of carbonyl (C=O) groups is 2. The molecule has 0 spiro atoms. The van der Waals surface area contributed by atoms with E-state index >= 15 is 4.39 Å². The highest BCUT2D eigenvalue weighted by Gasteiger charge is 2.37. The number of hydrogen-bond acceptors (Lipinski definition) is 5. The van der Waals surface area contributed by atoms with Crippen molar-refractivity contribution in [2.24, 2.45) is 5.92 Å². The van der Waals surface area contributed by atoms with Gasteiger partial charge in [-0.1, -0.05) is 13.8 Å². The SMILES string of the molecule is CCOC(=O)[C@@H](OC(C)(C)C)c1c(C)c2c(c(C)c1-c1cc(F)c3c(c1C)CCCO3)CN(CC(C)C)C(=O)C2. The monoisotopic (exact) mass is 553 g/mol. The number of halogens is 1. The summed E-state index contributed by atoms with van der Waals surface area (Å²) in [7, 11) is 0. The van der Waals surface area contributed by atoms with Crippen molar-refractivity contribution in [1.29, 1.82) is 0 Å². The number of carbonyl (C=O) groups excluding carboxylic acids is 2. The van der Waals surface area contributed by atoms with Gasteiger partial charge in [0.25, 0.3) is 0 Å². The molecule has 0 aromatic heterocycles. The van der Waals surface area contributed by atoms with Crippen LogP contribution in [0.5, 0.6) is 5.75 Å². The summed E-state index contributed by atoms with van der Waals surface area (Å²) >= 11 is 0. The Labute approximate surface area is 238 Å². The van der Waals surface area contributed by atoms with Crippen LogP contribution >= 0.6 is 0 Å². The molecule has 0 unspecified atom stereocenters. The largest absolute Gasteiger partial charge is 0.490 e. The smallest absolute Gasteiger partial charge is 0.339 e. The number of nitrogens with zero attached hydrogens (tertiary/aromatic N) is 1. The normalized spacial score (nSPS) is 16.0. The predicted molar refractivity (Wildman–Crippen MR) is 154 cm³/mol. The van der Waals surface area contributed by atoms with Gasteiger partial charge in [0.2, 0.25) is 5.91 Å². The average Bonchev–Trinajstić information content (AvgIpc) is 2.87. The zero-order chi connectivity index (χ0) is 29.5. The van der Waals surface area contributed by atoms with Crippen molar-refractivity contribution < 1.29 is 28.2 Å². The zero-order valence-electron chi connectivity index (χ0n) is 25.5. The van der Waals surface area contributed by atoms with Crippen LogP contribution in [0.1, 0.15) is 93.0 Å². The van der Waals surface area contributed by atoms with Crippen LogP contribution in [0.2, 0.25) is 0 Å². The minimum Gasteiger partial charge on any atom is -0.490 e. The molecule has 1 amide bonds. The number of esters is 1. The molecule has 0 bridgehead atoms. The predicted octanol–water partition coefficient (Wildman–Crippen LogP) is 6.70. The van der Waals surface area contributed by atoms with Gasteiger partial charge in [0, 0.05) is 24.2 Å². The van der Waals surface area contributed by atoms with Crippen molar-refractivity contribution in [1.82, 2.24) is 4.90 Å². The summed E-state index contributed by atoms with van der Waals surface area (Å²) in [6.45, 7) is 19.5. The molecule has 0 aliphatic carbocycles. The number of benzene rings is 2. The van der Waals surface area contributed by atoms with Crippen LogP contribution < -0.4 is 4.74 Å². The topological polar surface area (TPSA) is 65.1 Å². The highest BCUT2D eigenvalue weighted by atomic mass is 19.1. The van der Waals surface area contributed by atoms with E-state index in [-0.39, 0.29) is 18.9 Å². The Morgan fingerprint density at radius 3 is 2.42 bits per heavy atom. The fourth-order valence-electron chi connectivity index (χ4n) is 6.15. The van der Waals surface area contributed by atoms with Gasteiger partial charge in [-0.2, -0.15) is 0 Å². The Balaban J connectivity index is 2.07. The second-order valence-electron chi connectivity index (χ2n) is 12.5. The molecule has 2 aliphatic rings. The maximum Gasteiger partial charge on any atom is 0.339 e. The molecule has 0 N–H and O–H groups in total. The van der Waals surface area contributed by atoms with E-state index in [0.717, 1.165) is 57.3 Å². The average molecular weight is 554 g/mol. The van der Waals surface area contributed by atoms with Crippen molar-refractivity contribution in [2.45, 2.75) is 99.8 Å². The van der Waals surface area contributed by atoms with E-state index in [1.54, 1.807) is 6.92 Å². The van der Waals surface area contributed by atoms with Crippen molar-refractivity contribution in [3.05, 3.63) is 50.8 Å². The van der Waals surface area contributed by atoms with E-state index in [0.29, 0.717) is 36.9 Å². The minimum absolute atomic E-state index is 0.0694. The third kappa shape index (κ3) is 5.76. The molecule has 0 fully saturated rings. The van der Waals surface area contributed by atoms with Crippen molar-refractivity contribution in [3.63, 3.8) is 0 Å². The van der Waals surface area contributed by atoms with Crippen LogP contribution in [0.4, 0.5) is 4.39 Å². The number of ether oxygens (including phenoxy) is 3. The minimum atomic E-state index is -1.04. The second-order valence-corrected chi connectivity index (χ2v) is 12.5. The second kappa shape index (κ2) is 11.5. The summed E-state index contributed by atoms with van der Waals surface area (Å²) in [5, 5.41) is 0. The van der Waals surface area contributed by atoms with Gasteiger partial charge < -0.3 is 19.1 Å². The molecule has 218 valence electrons. The standard InChI is InChI=1S/C33H44FNO5/c1-10-38-32(37)31(40-33(7,8)9)29-20(5)23-15-27(36)35(16-18(2)3)17-25(23)21(6)28(29)24-14-26(34)30-22(19(24)4)12-11-13-39-30/h14,18,31H,10-13,15-17H2,1-9H3/t31-/m0/s1. The lowest BCUT2D eigenvalue weighted by molar-refractivity contribution is -0.166. The molecule has 1 atom stereocenters. The third-order valence-corrected chi connectivity index (χ3v) is 7.87. The number of fused-ring (bicyclic) bond motifs is 2. The van der Waals surface area contributed by atoms with E-state index in [1.165, 1.54) is 6.07 Å². The molecule has 0 saturated carbocycles. The molecule has 0 saturated heterocycles. The van der Waals surface area contributed by atoms with Crippen LogP contribution in [0.15, 0.2) is 6.07 Å². The Kier molecular flexibility index (Phi) is 8.65. The molecule has 4 rings (SSSR count). The van der Waals surface area contributed by atoms with Crippen LogP contribution in [-0.2, 0) is 38.4 Å². The van der Waals surface area contributed by atoms with Crippen LogP contribution in [0.3, 0.4) is 0 Å². The quantitative estimate of drug-likeness (QED) is 0.357. The van der Waals surface area contributed by atoms with Gasteiger partial charge in [-0.05, 0) is 112 Å². The Bertz CT molecular complexity index is 1320. The van der Waals surface area contributed by atoms with E-state index in [1.807, 2.05) is 46.4 Å². The van der Waals surface area contributed by atoms with Crippen molar-refractivity contribution in [2.75, 3.05) is 19.8 Å². The van der Waals surface area contributed by atoms with Gasteiger partial charge >= 0.3 is 5.97 Å². The van der Waals surface area contributed by atoms with Gasteiger partial charge in [-0.3, -0.25) is 4.79 Å². The molecule has 2 aromatic carbocycles. The van der Waals surface area contributed by atoms with Crippen molar-refractivity contribution >= 4 is 11.9 Å². The highest BCUT2D eigenvalue weighted by Crippen LogP contribution is 2.46. The van der Waals surface area contributed by atoms with E-state index in [2.05, 4.69) is 13.8 Å². The maximum absolute atomic E-state index is 15.6. The van der Waals surface area contributed by atoms with Gasteiger partial charge in [-0.15, -0.1) is 0 Å². The summed E-state index contributed by atoms with van der Waals surface area (Å²) < 4.78 is 33.3. The molecule has 7 heteroatoms. The van der Waals surface area contributed by atoms with Gasteiger partial charge in [0.15, 0.2) is 17.7 Å². The number of rotatable bonds is 7. The van der Waals surface area contributed by atoms with Crippen molar-refractivity contribution in [3.8, 4) is 16.9 Å². The maximum atomic E-state index is 15.6. The lowest BCUT2D eigenvalue weighted by atomic mass is 9.78. The fourth-order valence-corrected chi connectivity index (χ4v) is 6.15. The molecular formula is C33H44FNO5. The molecule has 2 heterocycles. The summed E-state index contributed by atoms with van der Waals surface area (Å²) in [4.78, 5) is 28.7. The molecule has 0 radical (unpaired) electrons. The highest BCUT2D eigenvalue weighted by molar-refractivity contribution is 5.89. The van der Waals surface area contributed by atoms with Gasteiger partial charge in [0.1, 0.15) is 0 Å². The lowest BCUT2D eigenvalue weighted by Gasteiger charge is -2.36. The fraction of sp³-hybridized carbons (Fsp3) is 0.576. The first-order valence-electron chi connectivity index (χ1n) is 14.5. The Morgan fingerprint density at radius 2 is 1.80 bits per heavy atom. The first kappa shape index (κ1) is 30.0. The molecule has 2 aliphatic heterocycles. The van der Waals surface area contributed by atoms with Crippen LogP contribution in [-0.4, -0.2) is 42.1 Å².